The lowest BCUT2D eigenvalue weighted by atomic mass is 10.2. The number of rotatable bonds is 6. The SMILES string of the molecule is CCOc1cc(C=O)cc(Br)c1OCc1cncc(C)c1. The van der Waals surface area contributed by atoms with E-state index in [1.54, 1.807) is 24.5 Å². The van der Waals surface area contributed by atoms with Crippen LogP contribution in [-0.4, -0.2) is 17.9 Å². The molecule has 1 aromatic heterocycles. The molecule has 0 N–H and O–H groups in total. The Morgan fingerprint density at radius 2 is 2.05 bits per heavy atom. The molecule has 0 bridgehead atoms. The molecule has 21 heavy (non-hydrogen) atoms. The van der Waals surface area contributed by atoms with Gasteiger partial charge in [0, 0.05) is 23.5 Å². The molecule has 0 radical (unpaired) electrons. The number of halogens is 1. The van der Waals surface area contributed by atoms with Gasteiger partial charge < -0.3 is 9.47 Å². The molecule has 2 rings (SSSR count). The Balaban J connectivity index is 2.24. The Bertz CT molecular complexity index is 643. The third-order valence-corrected chi connectivity index (χ3v) is 3.37. The molecule has 2 aromatic rings. The maximum absolute atomic E-state index is 10.9. The highest BCUT2D eigenvalue weighted by atomic mass is 79.9. The van der Waals surface area contributed by atoms with Crippen molar-refractivity contribution in [3.8, 4) is 11.5 Å². The molecule has 1 heterocycles. The molecule has 0 aliphatic heterocycles. The highest BCUT2D eigenvalue weighted by molar-refractivity contribution is 9.10. The molecule has 0 atom stereocenters. The number of pyridine rings is 1. The highest BCUT2D eigenvalue weighted by Gasteiger charge is 2.12. The van der Waals surface area contributed by atoms with E-state index >= 15 is 0 Å². The first-order valence-electron chi connectivity index (χ1n) is 6.59. The summed E-state index contributed by atoms with van der Waals surface area (Å²) in [4.78, 5) is 15.1. The molecule has 0 spiro atoms. The molecule has 4 nitrogen and oxygen atoms in total. The molecular weight excluding hydrogens is 334 g/mol. The van der Waals surface area contributed by atoms with Gasteiger partial charge in [-0.2, -0.15) is 0 Å². The average Bonchev–Trinajstić information content (AvgIpc) is 2.46. The van der Waals surface area contributed by atoms with Crippen molar-refractivity contribution in [3.63, 3.8) is 0 Å². The van der Waals surface area contributed by atoms with Crippen LogP contribution in [0.2, 0.25) is 0 Å². The second-order valence-electron chi connectivity index (χ2n) is 4.54. The maximum Gasteiger partial charge on any atom is 0.175 e. The lowest BCUT2D eigenvalue weighted by molar-refractivity contribution is 0.112. The first-order valence-corrected chi connectivity index (χ1v) is 7.38. The zero-order valence-electron chi connectivity index (χ0n) is 11.9. The Labute approximate surface area is 132 Å². The van der Waals surface area contributed by atoms with Crippen LogP contribution in [0.3, 0.4) is 0 Å². The lowest BCUT2D eigenvalue weighted by Gasteiger charge is -2.14. The van der Waals surface area contributed by atoms with E-state index in [0.29, 0.717) is 34.7 Å². The predicted octanol–water partition coefficient (Wildman–Crippen LogP) is 3.94. The van der Waals surface area contributed by atoms with Gasteiger partial charge in [0.05, 0.1) is 11.1 Å². The van der Waals surface area contributed by atoms with E-state index in [0.717, 1.165) is 17.4 Å². The minimum atomic E-state index is 0.383. The molecular formula is C16H16BrNO3. The van der Waals surface area contributed by atoms with Crippen LogP contribution in [0.5, 0.6) is 11.5 Å². The van der Waals surface area contributed by atoms with Crippen molar-refractivity contribution in [1.29, 1.82) is 0 Å². The number of nitrogens with zero attached hydrogens (tertiary/aromatic N) is 1. The molecule has 0 aliphatic carbocycles. The summed E-state index contributed by atoms with van der Waals surface area (Å²) in [6.45, 7) is 4.75. The fourth-order valence-corrected chi connectivity index (χ4v) is 2.49. The summed E-state index contributed by atoms with van der Waals surface area (Å²) in [6, 6.07) is 5.39. The zero-order valence-corrected chi connectivity index (χ0v) is 13.5. The number of benzene rings is 1. The predicted molar refractivity (Wildman–Crippen MR) is 84.0 cm³/mol. The van der Waals surface area contributed by atoms with Gasteiger partial charge in [0.1, 0.15) is 12.9 Å². The van der Waals surface area contributed by atoms with Gasteiger partial charge >= 0.3 is 0 Å². The minimum Gasteiger partial charge on any atom is -0.490 e. The smallest absolute Gasteiger partial charge is 0.175 e. The third-order valence-electron chi connectivity index (χ3n) is 2.78. The van der Waals surface area contributed by atoms with E-state index in [-0.39, 0.29) is 0 Å². The van der Waals surface area contributed by atoms with Crippen LogP contribution in [0.15, 0.2) is 35.1 Å². The molecule has 0 amide bonds. The van der Waals surface area contributed by atoms with Gasteiger partial charge in [-0.05, 0) is 53.5 Å². The quantitative estimate of drug-likeness (QED) is 0.741. The summed E-state index contributed by atoms with van der Waals surface area (Å²) in [7, 11) is 0. The number of carbonyl (C=O) groups excluding carboxylic acids is 1. The van der Waals surface area contributed by atoms with E-state index in [1.807, 2.05) is 19.9 Å². The first-order chi connectivity index (χ1) is 10.1. The van der Waals surface area contributed by atoms with Crippen molar-refractivity contribution in [3.05, 3.63) is 51.8 Å². The normalized spacial score (nSPS) is 10.2. The van der Waals surface area contributed by atoms with E-state index in [1.165, 1.54) is 0 Å². The number of aldehydes is 1. The minimum absolute atomic E-state index is 0.383. The molecule has 110 valence electrons. The van der Waals surface area contributed by atoms with Crippen molar-refractivity contribution in [2.45, 2.75) is 20.5 Å². The van der Waals surface area contributed by atoms with Crippen molar-refractivity contribution < 1.29 is 14.3 Å². The van der Waals surface area contributed by atoms with Crippen LogP contribution >= 0.6 is 15.9 Å². The Hall–Kier alpha value is -1.88. The Morgan fingerprint density at radius 3 is 2.71 bits per heavy atom. The number of ether oxygens (including phenoxy) is 2. The van der Waals surface area contributed by atoms with Crippen LogP contribution in [0, 0.1) is 6.92 Å². The largest absolute Gasteiger partial charge is 0.490 e. The van der Waals surface area contributed by atoms with Crippen molar-refractivity contribution in [1.82, 2.24) is 4.98 Å². The second-order valence-corrected chi connectivity index (χ2v) is 5.39. The molecule has 1 aromatic carbocycles. The van der Waals surface area contributed by atoms with Gasteiger partial charge in [-0.1, -0.05) is 0 Å². The maximum atomic E-state index is 10.9. The van der Waals surface area contributed by atoms with Gasteiger partial charge in [-0.15, -0.1) is 0 Å². The van der Waals surface area contributed by atoms with Gasteiger partial charge in [-0.3, -0.25) is 9.78 Å². The molecule has 5 heteroatoms. The number of carbonyl (C=O) groups is 1. The number of aromatic nitrogens is 1. The monoisotopic (exact) mass is 349 g/mol. The molecule has 0 saturated carbocycles. The summed E-state index contributed by atoms with van der Waals surface area (Å²) in [5.41, 5.74) is 2.59. The van der Waals surface area contributed by atoms with Crippen LogP contribution in [0.1, 0.15) is 28.4 Å². The van der Waals surface area contributed by atoms with Crippen LogP contribution in [0.25, 0.3) is 0 Å². The average molecular weight is 350 g/mol. The standard InChI is InChI=1S/C16H16BrNO3/c1-3-20-15-6-12(9-19)5-14(17)16(15)21-10-13-4-11(2)7-18-8-13/h4-9H,3,10H2,1-2H3. The lowest BCUT2D eigenvalue weighted by Crippen LogP contribution is -2.02. The second kappa shape index (κ2) is 7.22. The van der Waals surface area contributed by atoms with Gasteiger partial charge in [-0.25, -0.2) is 0 Å². The molecule has 0 aliphatic rings. The first kappa shape index (κ1) is 15.5. The molecule has 0 fully saturated rings. The topological polar surface area (TPSA) is 48.4 Å². The Morgan fingerprint density at radius 1 is 1.24 bits per heavy atom. The van der Waals surface area contributed by atoms with E-state index < -0.39 is 0 Å². The number of hydrogen-bond acceptors (Lipinski definition) is 4. The van der Waals surface area contributed by atoms with Crippen LogP contribution in [-0.2, 0) is 6.61 Å². The Kier molecular flexibility index (Phi) is 5.33. The number of aryl methyl sites for hydroxylation is 1. The fraction of sp³-hybridized carbons (Fsp3) is 0.250. The van der Waals surface area contributed by atoms with E-state index in [4.69, 9.17) is 9.47 Å². The van der Waals surface area contributed by atoms with Crippen molar-refractivity contribution in [2.75, 3.05) is 6.61 Å². The van der Waals surface area contributed by atoms with Gasteiger partial charge in [0.15, 0.2) is 11.5 Å². The van der Waals surface area contributed by atoms with E-state index in [9.17, 15) is 4.79 Å². The number of hydrogen-bond donors (Lipinski definition) is 0. The fourth-order valence-electron chi connectivity index (χ4n) is 1.91. The summed E-state index contributed by atoms with van der Waals surface area (Å²) >= 11 is 3.42. The highest BCUT2D eigenvalue weighted by Crippen LogP contribution is 2.37. The summed E-state index contributed by atoms with van der Waals surface area (Å²) in [5.74, 6) is 1.14. The van der Waals surface area contributed by atoms with Crippen molar-refractivity contribution >= 4 is 22.2 Å². The third kappa shape index (κ3) is 4.04. The summed E-state index contributed by atoms with van der Waals surface area (Å²) in [5, 5.41) is 0. The summed E-state index contributed by atoms with van der Waals surface area (Å²) in [6.07, 6.45) is 4.34. The van der Waals surface area contributed by atoms with Crippen LogP contribution in [0.4, 0.5) is 0 Å². The van der Waals surface area contributed by atoms with E-state index in [2.05, 4.69) is 20.9 Å². The molecule has 0 saturated heterocycles. The van der Waals surface area contributed by atoms with Crippen LogP contribution < -0.4 is 9.47 Å². The van der Waals surface area contributed by atoms with Gasteiger partial charge in [0.2, 0.25) is 0 Å². The van der Waals surface area contributed by atoms with Gasteiger partial charge in [0.25, 0.3) is 0 Å². The zero-order chi connectivity index (χ0) is 15.2. The summed E-state index contributed by atoms with van der Waals surface area (Å²) < 4.78 is 12.1. The molecule has 0 unspecified atom stereocenters. The van der Waals surface area contributed by atoms with Crippen molar-refractivity contribution in [2.24, 2.45) is 0 Å².